The summed E-state index contributed by atoms with van der Waals surface area (Å²) in [4.78, 5) is 0. The lowest BCUT2D eigenvalue weighted by Gasteiger charge is -1.70. The number of rotatable bonds is 3. The molecule has 0 bridgehead atoms. The standard InChI is InChI=1S/C8H11/c1-3-5-7-8-6-4-2/h3,5-7H,1,4H2,2H3. The number of hydrogen-bond donors (Lipinski definition) is 0. The molecule has 0 N–H and O–H groups in total. The molecule has 0 aliphatic carbocycles. The minimum atomic E-state index is 1.04. The Bertz CT molecular complexity index is 96.6. The molecule has 0 atom stereocenters. The SMILES string of the molecule is C=CC=C/[C]=C/CC. The van der Waals surface area contributed by atoms with E-state index in [1.165, 1.54) is 0 Å². The Balaban J connectivity index is 3.26. The van der Waals surface area contributed by atoms with E-state index in [2.05, 4.69) is 19.6 Å². The van der Waals surface area contributed by atoms with Crippen LogP contribution in [0.1, 0.15) is 13.3 Å². The average Bonchev–Trinajstić information content (AvgIpc) is 1.81. The maximum atomic E-state index is 3.52. The monoisotopic (exact) mass is 107 g/mol. The predicted molar refractivity (Wildman–Crippen MR) is 37.4 cm³/mol. The van der Waals surface area contributed by atoms with Gasteiger partial charge < -0.3 is 0 Å². The highest BCUT2D eigenvalue weighted by atomic mass is 13.7. The quantitative estimate of drug-likeness (QED) is 0.486. The molecule has 0 amide bonds. The summed E-state index contributed by atoms with van der Waals surface area (Å²) < 4.78 is 0. The molecule has 0 saturated heterocycles. The minimum absolute atomic E-state index is 1.04. The first-order valence-electron chi connectivity index (χ1n) is 2.77. The van der Waals surface area contributed by atoms with E-state index < -0.39 is 0 Å². The van der Waals surface area contributed by atoms with Gasteiger partial charge in [-0.1, -0.05) is 37.8 Å². The van der Waals surface area contributed by atoms with Crippen LogP contribution in [0.4, 0.5) is 0 Å². The smallest absolute Gasteiger partial charge is 0.0227 e. The Kier molecular flexibility index (Phi) is 5.61. The van der Waals surface area contributed by atoms with Gasteiger partial charge in [-0.2, -0.15) is 0 Å². The van der Waals surface area contributed by atoms with E-state index in [0.29, 0.717) is 0 Å². The molecule has 0 unspecified atom stereocenters. The van der Waals surface area contributed by atoms with Crippen LogP contribution < -0.4 is 0 Å². The Morgan fingerprint density at radius 1 is 1.62 bits per heavy atom. The van der Waals surface area contributed by atoms with Crippen molar-refractivity contribution in [2.75, 3.05) is 0 Å². The molecular formula is C8H11. The lowest BCUT2D eigenvalue weighted by Crippen LogP contribution is -1.51. The van der Waals surface area contributed by atoms with Crippen LogP contribution in [0.5, 0.6) is 0 Å². The van der Waals surface area contributed by atoms with Gasteiger partial charge in [0.2, 0.25) is 0 Å². The van der Waals surface area contributed by atoms with Crippen molar-refractivity contribution in [1.82, 2.24) is 0 Å². The second-order valence-electron chi connectivity index (χ2n) is 1.37. The summed E-state index contributed by atoms with van der Waals surface area (Å²) in [5, 5.41) is 0. The summed E-state index contributed by atoms with van der Waals surface area (Å²) in [6, 6.07) is 0. The van der Waals surface area contributed by atoms with Gasteiger partial charge in [-0.3, -0.25) is 0 Å². The molecule has 0 aromatic rings. The van der Waals surface area contributed by atoms with Crippen molar-refractivity contribution in [3.8, 4) is 0 Å². The molecule has 0 aliphatic rings. The molecule has 0 heterocycles. The van der Waals surface area contributed by atoms with Crippen molar-refractivity contribution >= 4 is 0 Å². The van der Waals surface area contributed by atoms with Gasteiger partial charge in [0.05, 0.1) is 0 Å². The van der Waals surface area contributed by atoms with E-state index in [0.717, 1.165) is 6.42 Å². The molecule has 8 heavy (non-hydrogen) atoms. The Morgan fingerprint density at radius 3 is 2.88 bits per heavy atom. The van der Waals surface area contributed by atoms with Crippen molar-refractivity contribution in [1.29, 1.82) is 0 Å². The molecule has 0 aromatic carbocycles. The first kappa shape index (κ1) is 7.22. The molecule has 0 spiro atoms. The molecule has 0 saturated carbocycles. The molecular weight excluding hydrogens is 96.1 g/mol. The molecule has 0 heteroatoms. The molecule has 0 aromatic heterocycles. The Hall–Kier alpha value is -0.780. The van der Waals surface area contributed by atoms with E-state index in [-0.39, 0.29) is 0 Å². The van der Waals surface area contributed by atoms with E-state index in [1.807, 2.05) is 18.2 Å². The lowest BCUT2D eigenvalue weighted by atomic mass is 10.4. The third kappa shape index (κ3) is 5.22. The van der Waals surface area contributed by atoms with E-state index in [4.69, 9.17) is 0 Å². The van der Waals surface area contributed by atoms with Gasteiger partial charge in [0.1, 0.15) is 0 Å². The molecule has 43 valence electrons. The fraction of sp³-hybridized carbons (Fsp3) is 0.250. The highest BCUT2D eigenvalue weighted by Crippen LogP contribution is 1.79. The summed E-state index contributed by atoms with van der Waals surface area (Å²) in [5.74, 6) is 0. The maximum absolute atomic E-state index is 3.52. The third-order valence-electron chi connectivity index (χ3n) is 0.651. The van der Waals surface area contributed by atoms with Crippen molar-refractivity contribution in [3.63, 3.8) is 0 Å². The Labute approximate surface area is 51.2 Å². The van der Waals surface area contributed by atoms with Crippen molar-refractivity contribution in [2.45, 2.75) is 13.3 Å². The fourth-order valence-corrected chi connectivity index (χ4v) is 0.309. The summed E-state index contributed by atoms with van der Waals surface area (Å²) in [7, 11) is 0. The molecule has 1 radical (unpaired) electrons. The average molecular weight is 107 g/mol. The van der Waals surface area contributed by atoms with Gasteiger partial charge in [0.15, 0.2) is 0 Å². The van der Waals surface area contributed by atoms with Crippen LogP contribution in [-0.2, 0) is 0 Å². The topological polar surface area (TPSA) is 0 Å². The van der Waals surface area contributed by atoms with Crippen LogP contribution in [0.15, 0.2) is 30.9 Å². The minimum Gasteiger partial charge on any atom is -0.0991 e. The van der Waals surface area contributed by atoms with Crippen molar-refractivity contribution < 1.29 is 0 Å². The van der Waals surface area contributed by atoms with E-state index in [1.54, 1.807) is 6.08 Å². The van der Waals surface area contributed by atoms with Gasteiger partial charge in [-0.15, -0.1) is 0 Å². The van der Waals surface area contributed by atoms with Crippen LogP contribution in [0.25, 0.3) is 0 Å². The summed E-state index contributed by atoms with van der Waals surface area (Å²) in [6.07, 6.45) is 11.4. The van der Waals surface area contributed by atoms with Crippen LogP contribution >= 0.6 is 0 Å². The van der Waals surface area contributed by atoms with Gasteiger partial charge in [-0.25, -0.2) is 0 Å². The molecule has 0 fully saturated rings. The lowest BCUT2D eigenvalue weighted by molar-refractivity contribution is 1.22. The van der Waals surface area contributed by atoms with E-state index >= 15 is 0 Å². The summed E-state index contributed by atoms with van der Waals surface area (Å²) in [5.41, 5.74) is 0. The summed E-state index contributed by atoms with van der Waals surface area (Å²) in [6.45, 7) is 5.60. The maximum Gasteiger partial charge on any atom is -0.0227 e. The van der Waals surface area contributed by atoms with Gasteiger partial charge in [-0.05, 0) is 12.5 Å². The van der Waals surface area contributed by atoms with Gasteiger partial charge >= 0.3 is 0 Å². The van der Waals surface area contributed by atoms with Gasteiger partial charge in [0.25, 0.3) is 0 Å². The highest BCUT2D eigenvalue weighted by molar-refractivity contribution is 5.03. The second kappa shape index (κ2) is 6.22. The van der Waals surface area contributed by atoms with Crippen LogP contribution in [0.3, 0.4) is 0 Å². The zero-order chi connectivity index (χ0) is 6.24. The van der Waals surface area contributed by atoms with Gasteiger partial charge in [0, 0.05) is 0 Å². The first-order chi connectivity index (χ1) is 3.91. The second-order valence-corrected chi connectivity index (χ2v) is 1.37. The fourth-order valence-electron chi connectivity index (χ4n) is 0.309. The predicted octanol–water partition coefficient (Wildman–Crippen LogP) is 2.50. The van der Waals surface area contributed by atoms with Crippen molar-refractivity contribution in [2.24, 2.45) is 0 Å². The van der Waals surface area contributed by atoms with Crippen LogP contribution in [0, 0.1) is 6.08 Å². The first-order valence-corrected chi connectivity index (χ1v) is 2.77. The zero-order valence-electron chi connectivity index (χ0n) is 5.22. The number of allylic oxidation sites excluding steroid dienone is 5. The van der Waals surface area contributed by atoms with Crippen molar-refractivity contribution in [3.05, 3.63) is 37.0 Å². The van der Waals surface area contributed by atoms with Crippen LogP contribution in [-0.4, -0.2) is 0 Å². The normalized spacial score (nSPS) is 11.1. The number of hydrogen-bond acceptors (Lipinski definition) is 0. The molecule has 0 nitrogen and oxygen atoms in total. The van der Waals surface area contributed by atoms with E-state index in [9.17, 15) is 0 Å². The Morgan fingerprint density at radius 2 is 2.38 bits per heavy atom. The zero-order valence-corrected chi connectivity index (χ0v) is 5.22. The highest BCUT2D eigenvalue weighted by Gasteiger charge is 1.60. The third-order valence-corrected chi connectivity index (χ3v) is 0.651. The largest absolute Gasteiger partial charge is 0.0991 e. The van der Waals surface area contributed by atoms with Crippen LogP contribution in [0.2, 0.25) is 0 Å². The molecule has 0 rings (SSSR count). The molecule has 0 aliphatic heterocycles. The summed E-state index contributed by atoms with van der Waals surface area (Å²) >= 11 is 0.